The lowest BCUT2D eigenvalue weighted by atomic mass is 9.99. The Morgan fingerprint density at radius 1 is 1.23 bits per heavy atom. The van der Waals surface area contributed by atoms with Crippen LogP contribution in [0.2, 0.25) is 5.02 Å². The number of nitrogens with two attached hydrogens (primary N) is 1. The highest BCUT2D eigenvalue weighted by Crippen LogP contribution is 2.35. The van der Waals surface area contributed by atoms with Crippen molar-refractivity contribution in [3.05, 3.63) is 35.6 Å². The van der Waals surface area contributed by atoms with Crippen LogP contribution < -0.4 is 10.6 Å². The molecule has 0 bridgehead atoms. The van der Waals surface area contributed by atoms with Gasteiger partial charge in [-0.2, -0.15) is 0 Å². The number of anilines is 2. The molecule has 1 fully saturated rings. The minimum absolute atomic E-state index is 0.573. The van der Waals surface area contributed by atoms with E-state index in [0.29, 0.717) is 10.7 Å². The predicted molar refractivity (Wildman–Crippen MR) is 92.6 cm³/mol. The van der Waals surface area contributed by atoms with Crippen molar-refractivity contribution < 1.29 is 0 Å². The van der Waals surface area contributed by atoms with E-state index in [1.165, 1.54) is 24.6 Å². The molecular formula is C16H19ClN4S. The Kier molecular flexibility index (Phi) is 4.74. The van der Waals surface area contributed by atoms with Crippen molar-refractivity contribution in [2.75, 3.05) is 23.7 Å². The van der Waals surface area contributed by atoms with Gasteiger partial charge in [-0.3, -0.25) is 0 Å². The van der Waals surface area contributed by atoms with Crippen molar-refractivity contribution in [1.82, 2.24) is 9.97 Å². The second-order valence-electron chi connectivity index (χ2n) is 5.64. The van der Waals surface area contributed by atoms with Crippen LogP contribution in [-0.4, -0.2) is 23.1 Å². The largest absolute Gasteiger partial charge is 0.397 e. The molecule has 1 aliphatic heterocycles. The Morgan fingerprint density at radius 2 is 2.00 bits per heavy atom. The van der Waals surface area contributed by atoms with Gasteiger partial charge in [0, 0.05) is 18.0 Å². The van der Waals surface area contributed by atoms with Crippen LogP contribution in [0, 0.1) is 5.92 Å². The van der Waals surface area contributed by atoms with Gasteiger partial charge in [0.1, 0.15) is 10.8 Å². The Hall–Kier alpha value is -1.46. The average Bonchev–Trinajstić information content (AvgIpc) is 2.53. The Labute approximate surface area is 140 Å². The number of nitrogens with zero attached hydrogens (tertiary/aromatic N) is 3. The summed E-state index contributed by atoms with van der Waals surface area (Å²) in [5.41, 5.74) is 6.40. The molecule has 0 atom stereocenters. The summed E-state index contributed by atoms with van der Waals surface area (Å²) in [6.45, 7) is 4.42. The molecule has 0 spiro atoms. The van der Waals surface area contributed by atoms with Crippen molar-refractivity contribution in [3.63, 3.8) is 0 Å². The molecule has 2 aromatic rings. The van der Waals surface area contributed by atoms with Crippen LogP contribution in [0.1, 0.15) is 19.8 Å². The molecule has 0 saturated carbocycles. The molecule has 0 amide bonds. The highest BCUT2D eigenvalue weighted by molar-refractivity contribution is 7.99. The molecule has 1 aromatic heterocycles. The molecule has 2 N–H and O–H groups in total. The highest BCUT2D eigenvalue weighted by atomic mass is 35.5. The standard InChI is InChI=1S/C16H19ClN4S/c1-11-5-7-21(8-6-11)14-9-20-15(10-19-14)22-13-4-2-3-12(18)16(13)17/h2-4,9-11H,5-8,18H2,1H3. The number of piperidine rings is 1. The third-order valence-electron chi connectivity index (χ3n) is 3.93. The molecule has 1 saturated heterocycles. The average molecular weight is 335 g/mol. The van der Waals surface area contributed by atoms with E-state index in [9.17, 15) is 0 Å². The number of aromatic nitrogens is 2. The highest BCUT2D eigenvalue weighted by Gasteiger charge is 2.17. The van der Waals surface area contributed by atoms with Gasteiger partial charge in [0.25, 0.3) is 0 Å². The van der Waals surface area contributed by atoms with E-state index in [-0.39, 0.29) is 0 Å². The summed E-state index contributed by atoms with van der Waals surface area (Å²) in [5, 5.41) is 1.39. The third-order valence-corrected chi connectivity index (χ3v) is 5.44. The Morgan fingerprint density at radius 3 is 2.68 bits per heavy atom. The molecule has 22 heavy (non-hydrogen) atoms. The Balaban J connectivity index is 1.70. The number of halogens is 1. The fraction of sp³-hybridized carbons (Fsp3) is 0.375. The maximum atomic E-state index is 6.21. The van der Waals surface area contributed by atoms with Gasteiger partial charge in [-0.15, -0.1) is 0 Å². The molecule has 4 nitrogen and oxygen atoms in total. The van der Waals surface area contributed by atoms with E-state index in [2.05, 4.69) is 21.8 Å². The number of rotatable bonds is 3. The van der Waals surface area contributed by atoms with Gasteiger partial charge < -0.3 is 10.6 Å². The number of benzene rings is 1. The van der Waals surface area contributed by atoms with Gasteiger partial charge in [0.2, 0.25) is 0 Å². The van der Waals surface area contributed by atoms with Crippen LogP contribution in [0.15, 0.2) is 40.5 Å². The lowest BCUT2D eigenvalue weighted by molar-refractivity contribution is 0.436. The van der Waals surface area contributed by atoms with E-state index >= 15 is 0 Å². The predicted octanol–water partition coefficient (Wildman–Crippen LogP) is 4.10. The summed E-state index contributed by atoms with van der Waals surface area (Å²) in [6, 6.07) is 5.61. The van der Waals surface area contributed by atoms with Gasteiger partial charge in [0.15, 0.2) is 0 Å². The van der Waals surface area contributed by atoms with Crippen LogP contribution in [-0.2, 0) is 0 Å². The lowest BCUT2D eigenvalue weighted by Gasteiger charge is -2.30. The topological polar surface area (TPSA) is 55.0 Å². The van der Waals surface area contributed by atoms with Crippen LogP contribution in [0.25, 0.3) is 0 Å². The molecule has 6 heteroatoms. The monoisotopic (exact) mass is 334 g/mol. The van der Waals surface area contributed by atoms with Crippen LogP contribution >= 0.6 is 23.4 Å². The first-order valence-electron chi connectivity index (χ1n) is 7.42. The second-order valence-corrected chi connectivity index (χ2v) is 7.08. The van der Waals surface area contributed by atoms with Gasteiger partial charge >= 0.3 is 0 Å². The number of nitrogen functional groups attached to an aromatic ring is 1. The summed E-state index contributed by atoms with van der Waals surface area (Å²) in [5.74, 6) is 1.76. The molecule has 3 rings (SSSR count). The van der Waals surface area contributed by atoms with Crippen molar-refractivity contribution >= 4 is 34.9 Å². The fourth-order valence-corrected chi connectivity index (χ4v) is 3.51. The number of hydrogen-bond acceptors (Lipinski definition) is 5. The first-order chi connectivity index (χ1) is 10.6. The second kappa shape index (κ2) is 6.75. The maximum Gasteiger partial charge on any atom is 0.147 e. The molecule has 116 valence electrons. The van der Waals surface area contributed by atoms with Crippen molar-refractivity contribution in [3.8, 4) is 0 Å². The summed E-state index contributed by atoms with van der Waals surface area (Å²) in [4.78, 5) is 12.2. The summed E-state index contributed by atoms with van der Waals surface area (Å²) >= 11 is 7.69. The summed E-state index contributed by atoms with van der Waals surface area (Å²) < 4.78 is 0. The quantitative estimate of drug-likeness (QED) is 0.856. The molecule has 1 aliphatic rings. The maximum absolute atomic E-state index is 6.21. The summed E-state index contributed by atoms with van der Waals surface area (Å²) in [6.07, 6.45) is 6.09. The van der Waals surface area contributed by atoms with E-state index < -0.39 is 0 Å². The van der Waals surface area contributed by atoms with Crippen molar-refractivity contribution in [2.24, 2.45) is 5.92 Å². The van der Waals surface area contributed by atoms with Gasteiger partial charge in [0.05, 0.1) is 23.1 Å². The number of hydrogen-bond donors (Lipinski definition) is 1. The molecule has 2 heterocycles. The zero-order valence-corrected chi connectivity index (χ0v) is 14.1. The Bertz CT molecular complexity index is 639. The molecule has 0 aliphatic carbocycles. The van der Waals surface area contributed by atoms with Crippen LogP contribution in [0.4, 0.5) is 11.5 Å². The first kappa shape index (κ1) is 15.4. The smallest absolute Gasteiger partial charge is 0.147 e. The van der Waals surface area contributed by atoms with E-state index in [1.807, 2.05) is 18.3 Å². The van der Waals surface area contributed by atoms with Crippen LogP contribution in [0.3, 0.4) is 0 Å². The van der Waals surface area contributed by atoms with Crippen molar-refractivity contribution in [1.29, 1.82) is 0 Å². The first-order valence-corrected chi connectivity index (χ1v) is 8.62. The third kappa shape index (κ3) is 3.47. The van der Waals surface area contributed by atoms with Gasteiger partial charge in [-0.05, 0) is 30.9 Å². The van der Waals surface area contributed by atoms with E-state index in [0.717, 1.165) is 34.7 Å². The minimum atomic E-state index is 0.573. The van der Waals surface area contributed by atoms with Crippen molar-refractivity contribution in [2.45, 2.75) is 29.7 Å². The minimum Gasteiger partial charge on any atom is -0.397 e. The lowest BCUT2D eigenvalue weighted by Crippen LogP contribution is -2.33. The zero-order chi connectivity index (χ0) is 15.5. The summed E-state index contributed by atoms with van der Waals surface area (Å²) in [7, 11) is 0. The van der Waals surface area contributed by atoms with Gasteiger partial charge in [-0.1, -0.05) is 36.4 Å². The zero-order valence-electron chi connectivity index (χ0n) is 12.5. The molecule has 0 radical (unpaired) electrons. The SMILES string of the molecule is CC1CCN(c2cnc(Sc3cccc(N)c3Cl)cn2)CC1. The fourth-order valence-electron chi connectivity index (χ4n) is 2.48. The van der Waals surface area contributed by atoms with Gasteiger partial charge in [-0.25, -0.2) is 9.97 Å². The molecular weight excluding hydrogens is 316 g/mol. The van der Waals surface area contributed by atoms with E-state index in [1.54, 1.807) is 12.3 Å². The van der Waals surface area contributed by atoms with Crippen LogP contribution in [0.5, 0.6) is 0 Å². The normalized spacial score (nSPS) is 16.0. The molecule has 1 aromatic carbocycles. The molecule has 0 unspecified atom stereocenters. The van der Waals surface area contributed by atoms with E-state index in [4.69, 9.17) is 17.3 Å².